The molecule has 0 nitrogen and oxygen atoms in total. The predicted molar refractivity (Wildman–Crippen MR) is 73.6 cm³/mol. The maximum Gasteiger partial charge on any atom is -0.0199 e. The molecule has 0 aromatic rings. The Morgan fingerprint density at radius 2 is 1.65 bits per heavy atom. The van der Waals surface area contributed by atoms with Crippen LogP contribution in [-0.2, 0) is 0 Å². The molecule has 98 valence electrons. The third-order valence-corrected chi connectivity index (χ3v) is 7.17. The van der Waals surface area contributed by atoms with Crippen molar-refractivity contribution in [1.29, 1.82) is 0 Å². The second-order valence-electron chi connectivity index (χ2n) is 7.69. The minimum absolute atomic E-state index is 0.762. The average molecular weight is 234 g/mol. The molecule has 0 heterocycles. The molecule has 0 spiro atoms. The Bertz CT molecular complexity index is 318. The smallest absolute Gasteiger partial charge is 0.0199 e. The molecular weight excluding hydrogens is 204 g/mol. The van der Waals surface area contributed by atoms with E-state index in [0.717, 1.165) is 46.8 Å². The third-order valence-electron chi connectivity index (χ3n) is 7.17. The van der Waals surface area contributed by atoms with Gasteiger partial charge in [-0.05, 0) is 59.2 Å². The van der Waals surface area contributed by atoms with Gasteiger partial charge in [-0.3, -0.25) is 0 Å². The zero-order chi connectivity index (χ0) is 12.5. The molecule has 3 aliphatic carbocycles. The first kappa shape index (κ1) is 12.1. The molecule has 0 amide bonds. The molecule has 0 aromatic heterocycles. The number of fused-ring (bicyclic) bond motifs is 1. The molecule has 3 aliphatic rings. The summed E-state index contributed by atoms with van der Waals surface area (Å²) < 4.78 is 0. The molecule has 0 saturated heterocycles. The minimum atomic E-state index is 0.762. The lowest BCUT2D eigenvalue weighted by molar-refractivity contribution is -0.112. The van der Waals surface area contributed by atoms with Gasteiger partial charge in [-0.15, -0.1) is 0 Å². The van der Waals surface area contributed by atoms with Crippen molar-refractivity contribution in [1.82, 2.24) is 0 Å². The van der Waals surface area contributed by atoms with Gasteiger partial charge in [0.05, 0.1) is 0 Å². The van der Waals surface area contributed by atoms with Crippen molar-refractivity contribution in [3.05, 3.63) is 0 Å². The van der Waals surface area contributed by atoms with Gasteiger partial charge < -0.3 is 0 Å². The molecule has 0 aliphatic heterocycles. The largest absolute Gasteiger partial charge is 0.0651 e. The lowest BCUT2D eigenvalue weighted by Gasteiger charge is -2.58. The number of rotatable bonds is 5. The standard InChI is InChI=1S/C17H30/c1-7-10(5)14(9(3)4)17(8-2)15-11(6)12-13(15)16(12)17/h9-16H,7-8H2,1-6H3. The monoisotopic (exact) mass is 234 g/mol. The fraction of sp³-hybridized carbons (Fsp3) is 1.00. The van der Waals surface area contributed by atoms with E-state index in [-0.39, 0.29) is 0 Å². The maximum absolute atomic E-state index is 2.54. The van der Waals surface area contributed by atoms with Crippen molar-refractivity contribution < 1.29 is 0 Å². The predicted octanol–water partition coefficient (Wildman–Crippen LogP) is 4.84. The second-order valence-corrected chi connectivity index (χ2v) is 7.69. The summed E-state index contributed by atoms with van der Waals surface area (Å²) in [6, 6.07) is 0. The fourth-order valence-corrected chi connectivity index (χ4v) is 6.82. The minimum Gasteiger partial charge on any atom is -0.0651 e. The molecule has 0 radical (unpaired) electrons. The summed E-state index contributed by atoms with van der Waals surface area (Å²) in [5.41, 5.74) is 0.762. The van der Waals surface area contributed by atoms with Gasteiger partial charge in [0.1, 0.15) is 0 Å². The third kappa shape index (κ3) is 1.12. The average Bonchev–Trinajstić information content (AvgIpc) is 2.78. The summed E-state index contributed by atoms with van der Waals surface area (Å²) in [4.78, 5) is 0. The van der Waals surface area contributed by atoms with E-state index in [9.17, 15) is 0 Å². The van der Waals surface area contributed by atoms with Crippen molar-refractivity contribution >= 4 is 0 Å². The zero-order valence-electron chi connectivity index (χ0n) is 12.5. The van der Waals surface area contributed by atoms with Crippen LogP contribution in [0.4, 0.5) is 0 Å². The molecule has 0 bridgehead atoms. The van der Waals surface area contributed by atoms with E-state index in [4.69, 9.17) is 0 Å². The number of hydrogen-bond acceptors (Lipinski definition) is 0. The highest BCUT2D eigenvalue weighted by Gasteiger charge is 2.87. The van der Waals surface area contributed by atoms with Crippen LogP contribution in [0, 0.1) is 52.8 Å². The SMILES string of the molecule is CCC(C)C(C(C)C)C1(CC)C2C(C)C3C2C31. The van der Waals surface area contributed by atoms with Crippen LogP contribution in [-0.4, -0.2) is 0 Å². The fourth-order valence-electron chi connectivity index (χ4n) is 6.82. The molecule has 0 aromatic carbocycles. The summed E-state index contributed by atoms with van der Waals surface area (Å²) in [7, 11) is 0. The Labute approximate surface area is 108 Å². The van der Waals surface area contributed by atoms with E-state index in [2.05, 4.69) is 41.5 Å². The first-order valence-electron chi connectivity index (χ1n) is 8.02. The number of hydrogen-bond donors (Lipinski definition) is 0. The Morgan fingerprint density at radius 3 is 1.94 bits per heavy atom. The highest BCUT2D eigenvalue weighted by molar-refractivity contribution is 5.34. The molecule has 3 saturated carbocycles. The van der Waals surface area contributed by atoms with Crippen LogP contribution >= 0.6 is 0 Å². The molecule has 3 rings (SSSR count). The molecule has 8 atom stereocenters. The lowest BCUT2D eigenvalue weighted by Crippen LogP contribution is -2.54. The molecule has 3 fully saturated rings. The summed E-state index contributed by atoms with van der Waals surface area (Å²) >= 11 is 0. The molecule has 0 N–H and O–H groups in total. The van der Waals surface area contributed by atoms with Gasteiger partial charge in [0, 0.05) is 0 Å². The quantitative estimate of drug-likeness (QED) is 0.638. The molecule has 17 heavy (non-hydrogen) atoms. The van der Waals surface area contributed by atoms with Gasteiger partial charge in [-0.1, -0.05) is 48.0 Å². The Hall–Kier alpha value is 0. The van der Waals surface area contributed by atoms with Crippen LogP contribution in [0.3, 0.4) is 0 Å². The summed E-state index contributed by atoms with van der Waals surface area (Å²) in [6.45, 7) is 14.9. The Balaban J connectivity index is 1.90. The van der Waals surface area contributed by atoms with Gasteiger partial charge in [0.25, 0.3) is 0 Å². The molecular formula is C17H30. The Kier molecular flexibility index (Phi) is 2.49. The van der Waals surface area contributed by atoms with Gasteiger partial charge in [-0.2, -0.15) is 0 Å². The highest BCUT2D eigenvalue weighted by Crippen LogP contribution is 2.91. The topological polar surface area (TPSA) is 0 Å². The molecule has 8 unspecified atom stereocenters. The summed E-state index contributed by atoms with van der Waals surface area (Å²) in [5, 5.41) is 0. The van der Waals surface area contributed by atoms with E-state index in [1.807, 2.05) is 0 Å². The first-order valence-corrected chi connectivity index (χ1v) is 8.02. The summed E-state index contributed by atoms with van der Waals surface area (Å²) in [6.07, 6.45) is 2.82. The maximum atomic E-state index is 2.54. The highest BCUT2D eigenvalue weighted by atomic mass is 14.9. The van der Waals surface area contributed by atoms with E-state index in [0.29, 0.717) is 0 Å². The van der Waals surface area contributed by atoms with Gasteiger partial charge in [0.2, 0.25) is 0 Å². The first-order chi connectivity index (χ1) is 8.02. The van der Waals surface area contributed by atoms with Gasteiger partial charge in [0.15, 0.2) is 0 Å². The van der Waals surface area contributed by atoms with Crippen molar-refractivity contribution in [3.63, 3.8) is 0 Å². The van der Waals surface area contributed by atoms with Crippen molar-refractivity contribution in [2.45, 2.75) is 54.4 Å². The van der Waals surface area contributed by atoms with E-state index >= 15 is 0 Å². The van der Waals surface area contributed by atoms with E-state index < -0.39 is 0 Å². The van der Waals surface area contributed by atoms with Crippen molar-refractivity contribution in [3.8, 4) is 0 Å². The van der Waals surface area contributed by atoms with Gasteiger partial charge >= 0.3 is 0 Å². The second kappa shape index (κ2) is 3.52. The van der Waals surface area contributed by atoms with Crippen molar-refractivity contribution in [2.24, 2.45) is 52.8 Å². The van der Waals surface area contributed by atoms with Crippen molar-refractivity contribution in [2.75, 3.05) is 0 Å². The van der Waals surface area contributed by atoms with Gasteiger partial charge in [-0.25, -0.2) is 0 Å². The van der Waals surface area contributed by atoms with Crippen LogP contribution in [0.5, 0.6) is 0 Å². The zero-order valence-corrected chi connectivity index (χ0v) is 12.5. The summed E-state index contributed by atoms with van der Waals surface area (Å²) in [5.74, 6) is 8.46. The van der Waals surface area contributed by atoms with Crippen LogP contribution < -0.4 is 0 Å². The molecule has 0 heteroatoms. The van der Waals surface area contributed by atoms with E-state index in [1.165, 1.54) is 18.8 Å². The van der Waals surface area contributed by atoms with Crippen LogP contribution in [0.15, 0.2) is 0 Å². The Morgan fingerprint density at radius 1 is 1.00 bits per heavy atom. The van der Waals surface area contributed by atoms with Crippen LogP contribution in [0.2, 0.25) is 0 Å². The lowest BCUT2D eigenvalue weighted by atomic mass is 9.46. The van der Waals surface area contributed by atoms with E-state index in [1.54, 1.807) is 0 Å². The normalized spacial score (nSPS) is 53.5. The van der Waals surface area contributed by atoms with Crippen LogP contribution in [0.1, 0.15) is 54.4 Å². The van der Waals surface area contributed by atoms with Crippen LogP contribution in [0.25, 0.3) is 0 Å².